The first kappa shape index (κ1) is 6.23. The fourth-order valence-electron chi connectivity index (χ4n) is 0.176. The summed E-state index contributed by atoms with van der Waals surface area (Å²) in [5.41, 5.74) is 0. The number of rotatable bonds is 0. The zero-order valence-corrected chi connectivity index (χ0v) is 4.43. The van der Waals surface area contributed by atoms with Gasteiger partial charge in [-0.2, -0.15) is 0 Å². The summed E-state index contributed by atoms with van der Waals surface area (Å²) in [6.45, 7) is 0. The molecule has 7 heavy (non-hydrogen) atoms. The summed E-state index contributed by atoms with van der Waals surface area (Å²) in [5, 5.41) is 3.30. The Bertz CT molecular complexity index is 70.6. The molecule has 4 heteroatoms. The molecule has 0 aromatic carbocycles. The summed E-state index contributed by atoms with van der Waals surface area (Å²) < 4.78 is 0. The van der Waals surface area contributed by atoms with Crippen molar-refractivity contribution in [1.82, 2.24) is 10.3 Å². The molecule has 42 valence electrons. The Balaban J connectivity index is 3.35. The monoisotopic (exact) mass is 103 g/mol. The molecule has 0 saturated heterocycles. The van der Waals surface area contributed by atoms with E-state index in [1.165, 1.54) is 14.1 Å². The van der Waals surface area contributed by atoms with E-state index in [2.05, 4.69) is 5.32 Å². The standard InChI is InChI=1S/C3H9N3O/c1-5-3(7)6(2)4/h4H2,1-2H3,(H,5,7). The SMILES string of the molecule is CNC(=O)N(C)N. The average Bonchev–Trinajstić information content (AvgIpc) is 1.65. The first-order chi connectivity index (χ1) is 3.18. The molecule has 0 aliphatic rings. The fraction of sp³-hybridized carbons (Fsp3) is 0.667. The van der Waals surface area contributed by atoms with Crippen LogP contribution in [0.2, 0.25) is 0 Å². The van der Waals surface area contributed by atoms with Crippen LogP contribution in [-0.4, -0.2) is 25.1 Å². The highest BCUT2D eigenvalue weighted by Crippen LogP contribution is 1.65. The van der Waals surface area contributed by atoms with Crippen molar-refractivity contribution >= 4 is 6.03 Å². The van der Waals surface area contributed by atoms with Crippen LogP contribution in [0.5, 0.6) is 0 Å². The van der Waals surface area contributed by atoms with Crippen molar-refractivity contribution < 1.29 is 4.79 Å². The number of amides is 2. The number of hydrogen-bond donors (Lipinski definition) is 2. The second kappa shape index (κ2) is 2.41. The van der Waals surface area contributed by atoms with Crippen LogP contribution < -0.4 is 11.2 Å². The molecule has 4 nitrogen and oxygen atoms in total. The van der Waals surface area contributed by atoms with Crippen LogP contribution in [0.3, 0.4) is 0 Å². The van der Waals surface area contributed by atoms with Crippen LogP contribution in [0.25, 0.3) is 0 Å². The van der Waals surface area contributed by atoms with Crippen LogP contribution in [0.1, 0.15) is 0 Å². The van der Waals surface area contributed by atoms with Gasteiger partial charge in [0.1, 0.15) is 0 Å². The summed E-state index contributed by atoms with van der Waals surface area (Å²) in [4.78, 5) is 10.2. The molecule has 0 atom stereocenters. The van der Waals surface area contributed by atoms with Crippen molar-refractivity contribution in [3.05, 3.63) is 0 Å². The zero-order chi connectivity index (χ0) is 5.86. The van der Waals surface area contributed by atoms with E-state index < -0.39 is 0 Å². The molecule has 0 aliphatic carbocycles. The average molecular weight is 103 g/mol. The van der Waals surface area contributed by atoms with Gasteiger partial charge in [0.05, 0.1) is 0 Å². The maximum Gasteiger partial charge on any atom is 0.330 e. The molecule has 0 bridgehead atoms. The predicted octanol–water partition coefficient (Wildman–Crippen LogP) is -0.869. The third-order valence-electron chi connectivity index (χ3n) is 0.534. The molecule has 0 radical (unpaired) electrons. The summed E-state index contributed by atoms with van der Waals surface area (Å²) in [5.74, 6) is 4.97. The molecule has 0 saturated carbocycles. The lowest BCUT2D eigenvalue weighted by Gasteiger charge is -2.06. The molecule has 0 aromatic rings. The van der Waals surface area contributed by atoms with E-state index in [9.17, 15) is 4.79 Å². The van der Waals surface area contributed by atoms with Crippen LogP contribution in [0.15, 0.2) is 0 Å². The molecule has 0 fully saturated rings. The van der Waals surface area contributed by atoms with Gasteiger partial charge in [0, 0.05) is 14.1 Å². The molecular formula is C3H9N3O. The van der Waals surface area contributed by atoms with Crippen LogP contribution in [0.4, 0.5) is 4.79 Å². The van der Waals surface area contributed by atoms with Gasteiger partial charge in [-0.1, -0.05) is 0 Å². The van der Waals surface area contributed by atoms with Crippen molar-refractivity contribution in [3.8, 4) is 0 Å². The highest BCUT2D eigenvalue weighted by Gasteiger charge is 1.94. The number of nitrogens with zero attached hydrogens (tertiary/aromatic N) is 1. The Labute approximate surface area is 42.3 Å². The normalized spacial score (nSPS) is 7.86. The second-order valence-electron chi connectivity index (χ2n) is 1.17. The molecule has 2 amide bonds. The summed E-state index contributed by atoms with van der Waals surface area (Å²) in [6, 6.07) is -0.292. The highest BCUT2D eigenvalue weighted by atomic mass is 16.2. The first-order valence-electron chi connectivity index (χ1n) is 1.88. The maximum absolute atomic E-state index is 10.2. The predicted molar refractivity (Wildman–Crippen MR) is 26.4 cm³/mol. The molecule has 0 heterocycles. The number of nitrogens with two attached hydrogens (primary N) is 1. The van der Waals surface area contributed by atoms with Crippen LogP contribution in [0, 0.1) is 0 Å². The molecule has 0 aromatic heterocycles. The number of urea groups is 1. The van der Waals surface area contributed by atoms with Gasteiger partial charge in [0.25, 0.3) is 0 Å². The summed E-state index contributed by atoms with van der Waals surface area (Å²) in [7, 11) is 2.99. The Hall–Kier alpha value is -0.770. The van der Waals surface area contributed by atoms with Gasteiger partial charge >= 0.3 is 6.03 Å². The van der Waals surface area contributed by atoms with E-state index in [1.807, 2.05) is 0 Å². The third kappa shape index (κ3) is 1.99. The van der Waals surface area contributed by atoms with E-state index >= 15 is 0 Å². The minimum absolute atomic E-state index is 0.292. The van der Waals surface area contributed by atoms with Crippen LogP contribution in [-0.2, 0) is 0 Å². The van der Waals surface area contributed by atoms with Gasteiger partial charge in [-0.3, -0.25) is 5.01 Å². The van der Waals surface area contributed by atoms with E-state index in [1.54, 1.807) is 0 Å². The topological polar surface area (TPSA) is 58.4 Å². The fourth-order valence-corrected chi connectivity index (χ4v) is 0.176. The second-order valence-corrected chi connectivity index (χ2v) is 1.17. The lowest BCUT2D eigenvalue weighted by atomic mass is 10.9. The summed E-state index contributed by atoms with van der Waals surface area (Å²) >= 11 is 0. The number of carbonyl (C=O) groups excluding carboxylic acids is 1. The van der Waals surface area contributed by atoms with E-state index in [0.717, 1.165) is 5.01 Å². The zero-order valence-electron chi connectivity index (χ0n) is 4.43. The molecule has 0 aliphatic heterocycles. The lowest BCUT2D eigenvalue weighted by molar-refractivity contribution is 0.212. The molecule has 0 rings (SSSR count). The number of hydrogen-bond acceptors (Lipinski definition) is 2. The van der Waals surface area contributed by atoms with Crippen molar-refractivity contribution in [2.45, 2.75) is 0 Å². The lowest BCUT2D eigenvalue weighted by Crippen LogP contribution is -2.39. The van der Waals surface area contributed by atoms with Crippen molar-refractivity contribution in [2.75, 3.05) is 14.1 Å². The minimum Gasteiger partial charge on any atom is -0.340 e. The number of carbonyl (C=O) groups is 1. The molecule has 3 N–H and O–H groups in total. The van der Waals surface area contributed by atoms with E-state index in [-0.39, 0.29) is 6.03 Å². The van der Waals surface area contributed by atoms with Crippen molar-refractivity contribution in [2.24, 2.45) is 5.84 Å². The molecular weight excluding hydrogens is 94.1 g/mol. The number of nitrogens with one attached hydrogen (secondary N) is 1. The van der Waals surface area contributed by atoms with Crippen molar-refractivity contribution in [1.29, 1.82) is 0 Å². The first-order valence-corrected chi connectivity index (χ1v) is 1.88. The van der Waals surface area contributed by atoms with E-state index in [4.69, 9.17) is 5.84 Å². The van der Waals surface area contributed by atoms with E-state index in [0.29, 0.717) is 0 Å². The smallest absolute Gasteiger partial charge is 0.330 e. The Morgan fingerprint density at radius 2 is 2.29 bits per heavy atom. The Morgan fingerprint density at radius 1 is 1.86 bits per heavy atom. The Kier molecular flexibility index (Phi) is 2.15. The maximum atomic E-state index is 10.2. The van der Waals surface area contributed by atoms with Crippen molar-refractivity contribution in [3.63, 3.8) is 0 Å². The summed E-state index contributed by atoms with van der Waals surface area (Å²) in [6.07, 6.45) is 0. The van der Waals surface area contributed by atoms with Gasteiger partial charge in [0.2, 0.25) is 0 Å². The molecule has 0 spiro atoms. The van der Waals surface area contributed by atoms with Gasteiger partial charge in [-0.25, -0.2) is 10.6 Å². The number of hydrazine groups is 1. The minimum atomic E-state index is -0.292. The highest BCUT2D eigenvalue weighted by molar-refractivity contribution is 5.72. The van der Waals surface area contributed by atoms with Crippen LogP contribution >= 0.6 is 0 Å². The third-order valence-corrected chi connectivity index (χ3v) is 0.534. The molecule has 0 unspecified atom stereocenters. The van der Waals surface area contributed by atoms with Gasteiger partial charge < -0.3 is 5.32 Å². The van der Waals surface area contributed by atoms with Gasteiger partial charge in [-0.05, 0) is 0 Å². The largest absolute Gasteiger partial charge is 0.340 e. The van der Waals surface area contributed by atoms with Gasteiger partial charge in [0.15, 0.2) is 0 Å². The quantitative estimate of drug-likeness (QED) is 0.238. The Morgan fingerprint density at radius 3 is 2.29 bits per heavy atom. The van der Waals surface area contributed by atoms with Gasteiger partial charge in [-0.15, -0.1) is 0 Å².